The van der Waals surface area contributed by atoms with E-state index < -0.39 is 11.6 Å². The number of phenolic OH excluding ortho intramolecular Hbond substituents is 1. The Balaban J connectivity index is 1.91. The van der Waals surface area contributed by atoms with E-state index in [2.05, 4.69) is 15.3 Å². The van der Waals surface area contributed by atoms with Gasteiger partial charge in [0.05, 0.1) is 11.1 Å². The van der Waals surface area contributed by atoms with E-state index in [0.29, 0.717) is 17.0 Å². The van der Waals surface area contributed by atoms with Gasteiger partial charge in [0.2, 0.25) is 0 Å². The molecule has 2 N–H and O–H groups in total. The highest BCUT2D eigenvalue weighted by Gasteiger charge is 2.17. The summed E-state index contributed by atoms with van der Waals surface area (Å²) in [6.07, 6.45) is 1.47. The summed E-state index contributed by atoms with van der Waals surface area (Å²) in [5.41, 5.74) is 2.78. The Labute approximate surface area is 166 Å². The van der Waals surface area contributed by atoms with Gasteiger partial charge in [0.25, 0.3) is 0 Å². The molecular weight excluding hydrogens is 374 g/mol. The lowest BCUT2D eigenvalue weighted by Crippen LogP contribution is -2.11. The van der Waals surface area contributed by atoms with Crippen LogP contribution in [0.2, 0.25) is 0 Å². The van der Waals surface area contributed by atoms with Gasteiger partial charge in [0, 0.05) is 18.7 Å². The maximum Gasteiger partial charge on any atom is 0.146 e. The van der Waals surface area contributed by atoms with Gasteiger partial charge in [0.15, 0.2) is 0 Å². The molecule has 0 radical (unpaired) electrons. The lowest BCUT2D eigenvalue weighted by molar-refractivity contribution is 0.475. The molecule has 0 atom stereocenters. The Morgan fingerprint density at radius 2 is 1.69 bits per heavy atom. The molecule has 0 saturated carbocycles. The van der Waals surface area contributed by atoms with E-state index in [1.165, 1.54) is 18.5 Å². The number of hydrogen-bond donors (Lipinski definition) is 2. The van der Waals surface area contributed by atoms with Crippen molar-refractivity contribution in [2.75, 3.05) is 5.32 Å². The minimum atomic E-state index is -0.626. The fourth-order valence-corrected chi connectivity index (χ4v) is 3.37. The molecule has 0 aliphatic carbocycles. The maximum atomic E-state index is 13.7. The molecule has 0 unspecified atom stereocenters. The summed E-state index contributed by atoms with van der Waals surface area (Å²) in [6.45, 7) is 4.26. The van der Waals surface area contributed by atoms with E-state index >= 15 is 0 Å². The molecule has 2 heterocycles. The SMILES string of the molecule is CC(C)Nc1ncnc2c1cc(-c1ccc(O)cc1)n2Cc1cc(F)cc(F)c1. The Morgan fingerprint density at radius 3 is 2.34 bits per heavy atom. The van der Waals surface area contributed by atoms with Crippen LogP contribution in [0.1, 0.15) is 19.4 Å². The van der Waals surface area contributed by atoms with Gasteiger partial charge >= 0.3 is 0 Å². The summed E-state index contributed by atoms with van der Waals surface area (Å²) in [5, 5.41) is 13.7. The second kappa shape index (κ2) is 7.50. The number of aromatic nitrogens is 3. The van der Waals surface area contributed by atoms with E-state index in [4.69, 9.17) is 0 Å². The van der Waals surface area contributed by atoms with Crippen LogP contribution in [0, 0.1) is 11.6 Å². The van der Waals surface area contributed by atoms with Gasteiger partial charge in [-0.15, -0.1) is 0 Å². The largest absolute Gasteiger partial charge is 0.508 e. The summed E-state index contributed by atoms with van der Waals surface area (Å²) in [5.74, 6) is -0.404. The number of rotatable bonds is 5. The molecule has 0 spiro atoms. The summed E-state index contributed by atoms with van der Waals surface area (Å²) in [4.78, 5) is 8.78. The molecule has 4 aromatic rings. The molecule has 4 rings (SSSR count). The molecule has 7 heteroatoms. The van der Waals surface area contributed by atoms with Crippen molar-refractivity contribution < 1.29 is 13.9 Å². The van der Waals surface area contributed by atoms with Crippen LogP contribution in [-0.4, -0.2) is 25.7 Å². The van der Waals surface area contributed by atoms with E-state index in [-0.39, 0.29) is 18.3 Å². The van der Waals surface area contributed by atoms with E-state index in [0.717, 1.165) is 22.7 Å². The average Bonchev–Trinajstić information content (AvgIpc) is 3.01. The second-order valence-electron chi connectivity index (χ2n) is 7.20. The summed E-state index contributed by atoms with van der Waals surface area (Å²) < 4.78 is 29.4. The number of aromatic hydroxyl groups is 1. The predicted octanol–water partition coefficient (Wildman–Crippen LogP) is 4.95. The van der Waals surface area contributed by atoms with Gasteiger partial charge in [-0.05, 0) is 67.4 Å². The predicted molar refractivity (Wildman–Crippen MR) is 109 cm³/mol. The average molecular weight is 394 g/mol. The van der Waals surface area contributed by atoms with Gasteiger partial charge in [-0.25, -0.2) is 18.7 Å². The van der Waals surface area contributed by atoms with Crippen molar-refractivity contribution in [1.29, 1.82) is 0 Å². The molecule has 0 fully saturated rings. The van der Waals surface area contributed by atoms with Crippen LogP contribution in [0.4, 0.5) is 14.6 Å². The molecule has 5 nitrogen and oxygen atoms in total. The minimum absolute atomic E-state index is 0.158. The van der Waals surface area contributed by atoms with Crippen molar-refractivity contribution in [3.8, 4) is 17.0 Å². The number of fused-ring (bicyclic) bond motifs is 1. The van der Waals surface area contributed by atoms with Gasteiger partial charge in [-0.3, -0.25) is 0 Å². The topological polar surface area (TPSA) is 63.0 Å². The fourth-order valence-electron chi connectivity index (χ4n) is 3.37. The zero-order chi connectivity index (χ0) is 20.5. The zero-order valence-corrected chi connectivity index (χ0v) is 16.0. The number of benzene rings is 2. The van der Waals surface area contributed by atoms with E-state index in [1.807, 2.05) is 24.5 Å². The number of nitrogens with zero attached hydrogens (tertiary/aromatic N) is 3. The van der Waals surface area contributed by atoms with Crippen molar-refractivity contribution in [2.24, 2.45) is 0 Å². The molecule has 2 aromatic heterocycles. The van der Waals surface area contributed by atoms with Crippen molar-refractivity contribution in [2.45, 2.75) is 26.4 Å². The summed E-state index contributed by atoms with van der Waals surface area (Å²) >= 11 is 0. The highest BCUT2D eigenvalue weighted by molar-refractivity contribution is 5.92. The second-order valence-corrected chi connectivity index (χ2v) is 7.20. The Bertz CT molecular complexity index is 1150. The van der Waals surface area contributed by atoms with Crippen LogP contribution >= 0.6 is 0 Å². The Hall–Kier alpha value is -3.48. The number of halogens is 2. The third-order valence-electron chi connectivity index (χ3n) is 4.54. The first-order valence-corrected chi connectivity index (χ1v) is 9.26. The normalized spacial score (nSPS) is 11.3. The van der Waals surface area contributed by atoms with Gasteiger partial charge in [-0.1, -0.05) is 0 Å². The van der Waals surface area contributed by atoms with Crippen molar-refractivity contribution in [3.63, 3.8) is 0 Å². The smallest absolute Gasteiger partial charge is 0.146 e. The van der Waals surface area contributed by atoms with Gasteiger partial charge < -0.3 is 15.0 Å². The minimum Gasteiger partial charge on any atom is -0.508 e. The standard InChI is InChI=1S/C22H20F2N4O/c1-13(2)27-21-19-10-20(15-3-5-18(29)6-4-15)28(22(19)26-12-25-21)11-14-7-16(23)9-17(24)8-14/h3-10,12-13,29H,11H2,1-2H3,(H,25,26,27). The molecule has 0 aliphatic rings. The lowest BCUT2D eigenvalue weighted by Gasteiger charge is -2.12. The first-order chi connectivity index (χ1) is 13.9. The van der Waals surface area contributed by atoms with Crippen LogP contribution in [0.15, 0.2) is 54.9 Å². The fraction of sp³-hybridized carbons (Fsp3) is 0.182. The Kier molecular flexibility index (Phi) is 4.88. The third kappa shape index (κ3) is 3.89. The van der Waals surface area contributed by atoms with E-state index in [1.54, 1.807) is 24.3 Å². The lowest BCUT2D eigenvalue weighted by atomic mass is 10.1. The number of anilines is 1. The quantitative estimate of drug-likeness (QED) is 0.503. The first-order valence-electron chi connectivity index (χ1n) is 9.26. The monoisotopic (exact) mass is 394 g/mol. The summed E-state index contributed by atoms with van der Waals surface area (Å²) in [7, 11) is 0. The third-order valence-corrected chi connectivity index (χ3v) is 4.54. The van der Waals surface area contributed by atoms with Gasteiger partial charge in [0.1, 0.15) is 35.2 Å². The van der Waals surface area contributed by atoms with Crippen molar-refractivity contribution >= 4 is 16.9 Å². The van der Waals surface area contributed by atoms with E-state index in [9.17, 15) is 13.9 Å². The molecule has 2 aromatic carbocycles. The first kappa shape index (κ1) is 18.9. The molecule has 0 amide bonds. The van der Waals surface area contributed by atoms with Crippen LogP contribution in [-0.2, 0) is 6.54 Å². The van der Waals surface area contributed by atoms with Crippen LogP contribution in [0.25, 0.3) is 22.3 Å². The molecular formula is C22H20F2N4O. The highest BCUT2D eigenvalue weighted by atomic mass is 19.1. The molecule has 0 bridgehead atoms. The van der Waals surface area contributed by atoms with Crippen LogP contribution < -0.4 is 5.32 Å². The maximum absolute atomic E-state index is 13.7. The molecule has 148 valence electrons. The highest BCUT2D eigenvalue weighted by Crippen LogP contribution is 2.32. The molecule has 0 saturated heterocycles. The number of nitrogens with one attached hydrogen (secondary N) is 1. The Morgan fingerprint density at radius 1 is 1.00 bits per heavy atom. The van der Waals surface area contributed by atoms with Crippen LogP contribution in [0.5, 0.6) is 5.75 Å². The zero-order valence-electron chi connectivity index (χ0n) is 16.0. The number of phenols is 1. The van der Waals surface area contributed by atoms with Crippen molar-refractivity contribution in [1.82, 2.24) is 14.5 Å². The van der Waals surface area contributed by atoms with Crippen LogP contribution in [0.3, 0.4) is 0 Å². The number of hydrogen-bond acceptors (Lipinski definition) is 4. The van der Waals surface area contributed by atoms with Gasteiger partial charge in [-0.2, -0.15) is 0 Å². The summed E-state index contributed by atoms with van der Waals surface area (Å²) in [6, 6.07) is 12.4. The molecule has 29 heavy (non-hydrogen) atoms. The molecule has 0 aliphatic heterocycles. The van der Waals surface area contributed by atoms with Crippen molar-refractivity contribution in [3.05, 3.63) is 72.1 Å².